The predicted octanol–water partition coefficient (Wildman–Crippen LogP) is 2.50. The molecule has 0 bridgehead atoms. The smallest absolute Gasteiger partial charge is 0.282 e. The number of halogens is 1. The minimum Gasteiger partial charge on any atom is -0.282 e. The highest BCUT2D eigenvalue weighted by Gasteiger charge is 2.19. The SMILES string of the molecule is CCS(=O)(=O)On1c(-c2ccccc2)nc2cc(Cl)ccc2c1=O. The van der Waals surface area contributed by atoms with Crippen molar-refractivity contribution in [1.29, 1.82) is 0 Å². The summed E-state index contributed by atoms with van der Waals surface area (Å²) >= 11 is 5.96. The monoisotopic (exact) mass is 364 g/mol. The Balaban J connectivity index is 2.36. The number of aromatic nitrogens is 2. The molecule has 0 unspecified atom stereocenters. The van der Waals surface area contributed by atoms with Crippen molar-refractivity contribution >= 4 is 32.6 Å². The first kappa shape index (κ1) is 16.5. The van der Waals surface area contributed by atoms with Crippen LogP contribution in [0.1, 0.15) is 6.92 Å². The Hall–Kier alpha value is -2.38. The number of hydrogen-bond donors (Lipinski definition) is 0. The summed E-state index contributed by atoms with van der Waals surface area (Å²) in [5.41, 5.74) is 0.287. The minimum absolute atomic E-state index is 0.0902. The first-order chi connectivity index (χ1) is 11.4. The predicted molar refractivity (Wildman–Crippen MR) is 92.5 cm³/mol. The van der Waals surface area contributed by atoms with Crippen molar-refractivity contribution < 1.29 is 12.7 Å². The van der Waals surface area contributed by atoms with Crippen LogP contribution in [0.4, 0.5) is 0 Å². The third kappa shape index (κ3) is 3.13. The van der Waals surface area contributed by atoms with Gasteiger partial charge >= 0.3 is 10.1 Å². The van der Waals surface area contributed by atoms with Gasteiger partial charge in [-0.15, -0.1) is 4.73 Å². The molecule has 0 aliphatic carbocycles. The summed E-state index contributed by atoms with van der Waals surface area (Å²) in [7, 11) is -3.91. The van der Waals surface area contributed by atoms with Crippen LogP contribution in [0, 0.1) is 0 Å². The van der Waals surface area contributed by atoms with Crippen LogP contribution in [0.3, 0.4) is 0 Å². The Labute approximate surface area is 143 Å². The molecule has 0 N–H and O–H groups in total. The van der Waals surface area contributed by atoms with Crippen molar-refractivity contribution in [3.8, 4) is 11.4 Å². The lowest BCUT2D eigenvalue weighted by molar-refractivity contribution is 0.271. The van der Waals surface area contributed by atoms with Gasteiger partial charge in [0.05, 0.1) is 16.7 Å². The summed E-state index contributed by atoms with van der Waals surface area (Å²) in [5.74, 6) is -0.181. The van der Waals surface area contributed by atoms with Crippen LogP contribution in [0.5, 0.6) is 0 Å². The third-order valence-electron chi connectivity index (χ3n) is 3.37. The van der Waals surface area contributed by atoms with E-state index in [0.29, 0.717) is 20.8 Å². The molecule has 3 rings (SSSR count). The first-order valence-electron chi connectivity index (χ1n) is 7.11. The number of benzene rings is 2. The van der Waals surface area contributed by atoms with Gasteiger partial charge in [-0.05, 0) is 25.1 Å². The average molecular weight is 365 g/mol. The van der Waals surface area contributed by atoms with Crippen LogP contribution < -0.4 is 9.84 Å². The summed E-state index contributed by atoms with van der Waals surface area (Å²) in [5, 5.41) is 0.638. The van der Waals surface area contributed by atoms with E-state index in [1.165, 1.54) is 19.1 Å². The number of fused-ring (bicyclic) bond motifs is 1. The molecule has 0 aliphatic heterocycles. The molecule has 0 radical (unpaired) electrons. The standard InChI is InChI=1S/C16H13ClN2O4S/c1-2-24(21,22)23-19-15(11-6-4-3-5-7-11)18-14-10-12(17)8-9-13(14)16(19)20/h3-10H,2H2,1H3. The van der Waals surface area contributed by atoms with Gasteiger partial charge in [0.1, 0.15) is 0 Å². The normalized spacial score (nSPS) is 11.6. The Morgan fingerprint density at radius 3 is 2.54 bits per heavy atom. The van der Waals surface area contributed by atoms with E-state index in [2.05, 4.69) is 4.98 Å². The fraction of sp³-hybridized carbons (Fsp3) is 0.125. The second-order valence-corrected chi connectivity index (χ2v) is 7.26. The highest BCUT2D eigenvalue weighted by atomic mass is 35.5. The lowest BCUT2D eigenvalue weighted by Gasteiger charge is -2.13. The van der Waals surface area contributed by atoms with Crippen LogP contribution in [0.25, 0.3) is 22.3 Å². The van der Waals surface area contributed by atoms with E-state index in [0.717, 1.165) is 0 Å². The van der Waals surface area contributed by atoms with Gasteiger partial charge in [0.25, 0.3) is 5.56 Å². The van der Waals surface area contributed by atoms with Crippen molar-refractivity contribution in [2.24, 2.45) is 0 Å². The molecule has 124 valence electrons. The van der Waals surface area contributed by atoms with Crippen molar-refractivity contribution in [3.05, 3.63) is 63.9 Å². The minimum atomic E-state index is -3.91. The maximum atomic E-state index is 12.7. The van der Waals surface area contributed by atoms with Crippen LogP contribution in [0.2, 0.25) is 5.02 Å². The van der Waals surface area contributed by atoms with Crippen LogP contribution in [-0.4, -0.2) is 23.9 Å². The van der Waals surface area contributed by atoms with Gasteiger partial charge in [-0.1, -0.05) is 41.9 Å². The number of hydrogen-bond acceptors (Lipinski definition) is 5. The molecule has 0 fully saturated rings. The van der Waals surface area contributed by atoms with Crippen molar-refractivity contribution in [1.82, 2.24) is 9.71 Å². The quantitative estimate of drug-likeness (QED) is 0.710. The summed E-state index contributed by atoms with van der Waals surface area (Å²) < 4.78 is 29.4. The van der Waals surface area contributed by atoms with Crippen LogP contribution >= 0.6 is 11.6 Å². The summed E-state index contributed by atoms with van der Waals surface area (Å²) in [6.07, 6.45) is 0. The first-order valence-corrected chi connectivity index (χ1v) is 9.07. The van der Waals surface area contributed by atoms with E-state index >= 15 is 0 Å². The second-order valence-electron chi connectivity index (χ2n) is 4.98. The van der Waals surface area contributed by atoms with Crippen LogP contribution in [0.15, 0.2) is 53.3 Å². The van der Waals surface area contributed by atoms with E-state index in [9.17, 15) is 13.2 Å². The Bertz CT molecular complexity index is 1060. The zero-order chi connectivity index (χ0) is 17.3. The molecule has 2 aromatic carbocycles. The van der Waals surface area contributed by atoms with E-state index in [1.807, 2.05) is 0 Å². The molecule has 8 heteroatoms. The maximum Gasteiger partial charge on any atom is 0.326 e. The highest BCUT2D eigenvalue weighted by Crippen LogP contribution is 2.20. The molecule has 24 heavy (non-hydrogen) atoms. The third-order valence-corrected chi connectivity index (χ3v) is 4.69. The molecule has 0 atom stereocenters. The topological polar surface area (TPSA) is 78.3 Å². The highest BCUT2D eigenvalue weighted by molar-refractivity contribution is 7.86. The fourth-order valence-corrected chi connectivity index (χ4v) is 2.78. The molecule has 0 amide bonds. The molecule has 0 saturated carbocycles. The van der Waals surface area contributed by atoms with Gasteiger partial charge in [0.2, 0.25) is 0 Å². The lowest BCUT2D eigenvalue weighted by atomic mass is 10.2. The number of rotatable bonds is 4. The van der Waals surface area contributed by atoms with Gasteiger partial charge in [0, 0.05) is 10.6 Å². The summed E-state index contributed by atoms with van der Waals surface area (Å²) in [6.45, 7) is 1.43. The molecule has 6 nitrogen and oxygen atoms in total. The second kappa shape index (κ2) is 6.26. The molecule has 0 aliphatic rings. The van der Waals surface area contributed by atoms with Gasteiger partial charge < -0.3 is 0 Å². The molecule has 3 aromatic rings. The molecule has 0 spiro atoms. The zero-order valence-electron chi connectivity index (χ0n) is 12.6. The van der Waals surface area contributed by atoms with Gasteiger partial charge in [-0.25, -0.2) is 4.98 Å². The van der Waals surface area contributed by atoms with Crippen molar-refractivity contribution in [3.63, 3.8) is 0 Å². The number of nitrogens with zero attached hydrogens (tertiary/aromatic N) is 2. The Morgan fingerprint density at radius 1 is 1.17 bits per heavy atom. The zero-order valence-corrected chi connectivity index (χ0v) is 14.2. The Kier molecular flexibility index (Phi) is 4.29. The lowest BCUT2D eigenvalue weighted by Crippen LogP contribution is -2.33. The van der Waals surface area contributed by atoms with Gasteiger partial charge in [-0.3, -0.25) is 9.08 Å². The Morgan fingerprint density at radius 2 is 1.88 bits per heavy atom. The molecule has 1 heterocycles. The summed E-state index contributed by atoms with van der Waals surface area (Å²) in [6, 6.07) is 13.3. The fourth-order valence-electron chi connectivity index (χ4n) is 2.15. The summed E-state index contributed by atoms with van der Waals surface area (Å²) in [4.78, 5) is 17.1. The average Bonchev–Trinajstić information content (AvgIpc) is 2.58. The molecular weight excluding hydrogens is 352 g/mol. The molecular formula is C16H13ClN2O4S. The molecule has 0 saturated heterocycles. The molecule has 1 aromatic heterocycles. The van der Waals surface area contributed by atoms with Crippen LogP contribution in [-0.2, 0) is 10.1 Å². The maximum absolute atomic E-state index is 12.7. The van der Waals surface area contributed by atoms with E-state index in [1.54, 1.807) is 36.4 Å². The van der Waals surface area contributed by atoms with Crippen molar-refractivity contribution in [2.45, 2.75) is 6.92 Å². The van der Waals surface area contributed by atoms with E-state index in [-0.39, 0.29) is 17.0 Å². The van der Waals surface area contributed by atoms with E-state index in [4.69, 9.17) is 15.9 Å². The van der Waals surface area contributed by atoms with Crippen molar-refractivity contribution in [2.75, 3.05) is 5.75 Å². The largest absolute Gasteiger partial charge is 0.326 e. The van der Waals surface area contributed by atoms with Gasteiger partial charge in [0.15, 0.2) is 5.82 Å². The van der Waals surface area contributed by atoms with E-state index < -0.39 is 15.7 Å². The van der Waals surface area contributed by atoms with Gasteiger partial charge in [-0.2, -0.15) is 8.42 Å².